The van der Waals surface area contributed by atoms with E-state index in [0.29, 0.717) is 5.56 Å². The lowest BCUT2D eigenvalue weighted by atomic mass is 10.0. The van der Waals surface area contributed by atoms with E-state index in [1.54, 1.807) is 7.11 Å². The Kier molecular flexibility index (Phi) is 10.1. The quantitative estimate of drug-likeness (QED) is 0.121. The zero-order chi connectivity index (χ0) is 45.6. The van der Waals surface area contributed by atoms with Crippen molar-refractivity contribution in [2.45, 2.75) is 0 Å². The number of ether oxygens (including phenoxy) is 1. The first-order valence-electron chi connectivity index (χ1n) is 22.8. The summed E-state index contributed by atoms with van der Waals surface area (Å²) in [7, 11) is 1.72. The number of anilines is 6. The Hall–Kier alpha value is -9.13. The topological polar surface area (TPSA) is 42.6 Å². The highest BCUT2D eigenvalue weighted by Gasteiger charge is 2.20. The number of para-hydroxylation sites is 4. The third-order valence-corrected chi connectivity index (χ3v) is 13.0. The molecule has 10 aromatic carbocycles. The summed E-state index contributed by atoms with van der Waals surface area (Å²) in [4.78, 5) is 16.6. The molecule has 6 nitrogen and oxygen atoms in total. The van der Waals surface area contributed by atoms with E-state index in [-0.39, 0.29) is 0 Å². The first-order valence-corrected chi connectivity index (χ1v) is 22.8. The van der Waals surface area contributed by atoms with Crippen LogP contribution in [0.4, 0.5) is 34.1 Å². The molecule has 0 radical (unpaired) electrons. The highest BCUT2D eigenvalue weighted by atomic mass is 16.5. The van der Waals surface area contributed by atoms with Crippen LogP contribution < -0.4 is 14.5 Å². The number of carbonyl (C=O) groups is 1. The Balaban J connectivity index is 0.912. The molecule has 0 aliphatic heterocycles. The van der Waals surface area contributed by atoms with Crippen molar-refractivity contribution in [3.63, 3.8) is 0 Å². The van der Waals surface area contributed by atoms with Crippen LogP contribution in [-0.2, 0) is 0 Å². The van der Waals surface area contributed by atoms with E-state index in [9.17, 15) is 4.79 Å². The van der Waals surface area contributed by atoms with Crippen LogP contribution in [0.3, 0.4) is 0 Å². The molecule has 0 spiro atoms. The number of aromatic nitrogens is 2. The molecule has 324 valence electrons. The molecule has 0 fully saturated rings. The Morgan fingerprint density at radius 3 is 1.13 bits per heavy atom. The second-order valence-corrected chi connectivity index (χ2v) is 17.0. The average Bonchev–Trinajstić information content (AvgIpc) is 3.91. The van der Waals surface area contributed by atoms with Gasteiger partial charge >= 0.3 is 0 Å². The van der Waals surface area contributed by atoms with Crippen LogP contribution in [0.1, 0.15) is 10.4 Å². The van der Waals surface area contributed by atoms with Crippen LogP contribution in [0.2, 0.25) is 0 Å². The van der Waals surface area contributed by atoms with E-state index in [4.69, 9.17) is 4.74 Å². The van der Waals surface area contributed by atoms with Gasteiger partial charge in [0.2, 0.25) is 0 Å². The number of nitrogens with zero attached hydrogens (tertiary/aromatic N) is 4. The minimum absolute atomic E-state index is 0.651. The zero-order valence-corrected chi connectivity index (χ0v) is 37.3. The lowest BCUT2D eigenvalue weighted by molar-refractivity contribution is 0.112. The fraction of sp³-hybridized carbons (Fsp3) is 0.0161. The molecule has 0 saturated carbocycles. The van der Waals surface area contributed by atoms with Gasteiger partial charge in [-0.15, -0.1) is 0 Å². The van der Waals surface area contributed by atoms with Crippen molar-refractivity contribution in [2.75, 3.05) is 16.9 Å². The van der Waals surface area contributed by atoms with Crippen molar-refractivity contribution in [3.05, 3.63) is 248 Å². The van der Waals surface area contributed by atoms with E-state index in [1.807, 2.05) is 30.3 Å². The van der Waals surface area contributed by atoms with Gasteiger partial charge in [-0.2, -0.15) is 0 Å². The molecule has 0 atom stereocenters. The van der Waals surface area contributed by atoms with Crippen LogP contribution in [0, 0.1) is 0 Å². The van der Waals surface area contributed by atoms with Crippen LogP contribution in [0.25, 0.3) is 66.1 Å². The molecule has 0 unspecified atom stereocenters. The fourth-order valence-corrected chi connectivity index (χ4v) is 9.86. The molecule has 0 N–H and O–H groups in total. The first-order chi connectivity index (χ1) is 33.6. The van der Waals surface area contributed by atoms with Gasteiger partial charge in [0, 0.05) is 72.6 Å². The van der Waals surface area contributed by atoms with Crippen LogP contribution in [0.15, 0.2) is 243 Å². The summed E-state index contributed by atoms with van der Waals surface area (Å²) in [6.07, 6.45) is 0.921. The van der Waals surface area contributed by atoms with Crippen LogP contribution in [-0.4, -0.2) is 22.5 Å². The number of carbonyl (C=O) groups excluding carboxylic acids is 1. The molecule has 0 saturated heterocycles. The molecule has 12 rings (SSSR count). The summed E-state index contributed by atoms with van der Waals surface area (Å²) in [6, 6.07) is 85.3. The molecule has 68 heavy (non-hydrogen) atoms. The van der Waals surface area contributed by atoms with E-state index in [1.165, 1.54) is 0 Å². The monoisotopic (exact) mass is 876 g/mol. The summed E-state index contributed by atoms with van der Waals surface area (Å²) >= 11 is 0. The molecular formula is C62H44N4O2. The van der Waals surface area contributed by atoms with E-state index < -0.39 is 0 Å². The van der Waals surface area contributed by atoms with Crippen molar-refractivity contribution in [1.29, 1.82) is 0 Å². The van der Waals surface area contributed by atoms with Crippen molar-refractivity contribution in [3.8, 4) is 28.3 Å². The summed E-state index contributed by atoms with van der Waals surface area (Å²) in [5.74, 6) is 0.825. The maximum Gasteiger partial charge on any atom is 0.150 e. The number of fused-ring (bicyclic) bond motifs is 6. The standard InChI is InChI=1S/C62H44N4O2/c1-68-54-33-37-62-58(41-54)57-40-53(32-36-61(57)66(62)49-20-12-5-13-21-49)64(47-16-8-3-9-17-47)51-29-25-45(26-30-51)44-23-27-50(28-24-44)63(46-14-6-2-7-15-46)52-31-35-60-56(39-52)55-38-43(42-67)22-34-59(55)65(60)48-18-10-4-11-19-48/h2-42H,1H3. The number of methoxy groups -OCH3 is 1. The molecule has 12 aromatic rings. The Morgan fingerprint density at radius 2 is 0.706 bits per heavy atom. The molecule has 2 heterocycles. The second kappa shape index (κ2) is 17.0. The normalized spacial score (nSPS) is 11.4. The van der Waals surface area contributed by atoms with E-state index in [2.05, 4.69) is 231 Å². The van der Waals surface area contributed by atoms with Gasteiger partial charge in [0.05, 0.1) is 29.2 Å². The maximum absolute atomic E-state index is 12.0. The first kappa shape index (κ1) is 40.4. The third kappa shape index (κ3) is 7.03. The van der Waals surface area contributed by atoms with Crippen molar-refractivity contribution in [1.82, 2.24) is 9.13 Å². The van der Waals surface area contributed by atoms with Gasteiger partial charge in [-0.1, -0.05) is 97.1 Å². The number of rotatable bonds is 11. The average molecular weight is 877 g/mol. The Morgan fingerprint density at radius 1 is 0.353 bits per heavy atom. The van der Waals surface area contributed by atoms with Gasteiger partial charge in [-0.25, -0.2) is 0 Å². The van der Waals surface area contributed by atoms with Crippen molar-refractivity contribution >= 4 is 84.0 Å². The van der Waals surface area contributed by atoms with Gasteiger partial charge in [0.15, 0.2) is 0 Å². The molecule has 0 aliphatic carbocycles. The number of aldehydes is 1. The van der Waals surface area contributed by atoms with E-state index in [0.717, 1.165) is 112 Å². The van der Waals surface area contributed by atoms with Crippen molar-refractivity contribution in [2.24, 2.45) is 0 Å². The third-order valence-electron chi connectivity index (χ3n) is 13.0. The predicted molar refractivity (Wildman–Crippen MR) is 282 cm³/mol. The fourth-order valence-electron chi connectivity index (χ4n) is 9.86. The minimum atomic E-state index is 0.651. The lowest BCUT2D eigenvalue weighted by Crippen LogP contribution is -2.10. The molecular weight excluding hydrogens is 833 g/mol. The zero-order valence-electron chi connectivity index (χ0n) is 37.3. The largest absolute Gasteiger partial charge is 0.497 e. The molecule has 0 aliphatic rings. The van der Waals surface area contributed by atoms with Crippen LogP contribution >= 0.6 is 0 Å². The number of hydrogen-bond acceptors (Lipinski definition) is 4. The molecule has 2 aromatic heterocycles. The summed E-state index contributed by atoms with van der Waals surface area (Å²) in [6.45, 7) is 0. The highest BCUT2D eigenvalue weighted by Crippen LogP contribution is 2.43. The van der Waals surface area contributed by atoms with Crippen molar-refractivity contribution < 1.29 is 9.53 Å². The van der Waals surface area contributed by atoms with Gasteiger partial charge in [0.25, 0.3) is 0 Å². The number of benzene rings is 10. The number of hydrogen-bond donors (Lipinski definition) is 0. The van der Waals surface area contributed by atoms with Crippen LogP contribution in [0.5, 0.6) is 5.75 Å². The van der Waals surface area contributed by atoms with Gasteiger partial charge in [-0.05, 0) is 157 Å². The van der Waals surface area contributed by atoms with E-state index >= 15 is 0 Å². The molecule has 6 heteroatoms. The smallest absolute Gasteiger partial charge is 0.150 e. The summed E-state index contributed by atoms with van der Waals surface area (Å²) < 4.78 is 10.3. The minimum Gasteiger partial charge on any atom is -0.497 e. The van der Waals surface area contributed by atoms with Gasteiger partial charge in [0.1, 0.15) is 12.0 Å². The SMILES string of the molecule is COc1ccc2c(c1)c1cc(N(c3ccccc3)c3ccc(-c4ccc(N(c5ccccc5)c5ccc6c(c5)c5cc(C=O)ccc5n6-c5ccccc5)cc4)cc3)ccc1n2-c1ccccc1. The maximum atomic E-state index is 12.0. The highest BCUT2D eigenvalue weighted by molar-refractivity contribution is 6.13. The molecule has 0 amide bonds. The Labute approximate surface area is 394 Å². The lowest BCUT2D eigenvalue weighted by Gasteiger charge is -2.26. The Bertz CT molecular complexity index is 3770. The van der Waals surface area contributed by atoms with Gasteiger partial charge < -0.3 is 23.7 Å². The molecule has 0 bridgehead atoms. The summed E-state index contributed by atoms with van der Waals surface area (Å²) in [5.41, 5.74) is 15.7. The van der Waals surface area contributed by atoms with Gasteiger partial charge in [-0.3, -0.25) is 4.79 Å². The predicted octanol–water partition coefficient (Wildman–Crippen LogP) is 16.3. The summed E-state index contributed by atoms with van der Waals surface area (Å²) in [5, 5.41) is 4.39. The second-order valence-electron chi connectivity index (χ2n) is 17.0.